The van der Waals surface area contributed by atoms with E-state index in [9.17, 15) is 9.50 Å². The Bertz CT molecular complexity index is 920. The Hall–Kier alpha value is -1.59. The van der Waals surface area contributed by atoms with E-state index in [1.807, 2.05) is 0 Å². The van der Waals surface area contributed by atoms with Crippen LogP contribution in [-0.2, 0) is 0 Å². The van der Waals surface area contributed by atoms with Crippen molar-refractivity contribution in [2.24, 2.45) is 40.4 Å². The van der Waals surface area contributed by atoms with Crippen LogP contribution in [0.2, 0.25) is 0 Å². The first kappa shape index (κ1) is 21.3. The van der Waals surface area contributed by atoms with Crippen LogP contribution < -0.4 is 0 Å². The molecule has 0 bridgehead atoms. The molecule has 0 aromatic heterocycles. The molecule has 0 spiro atoms. The fourth-order valence-electron chi connectivity index (χ4n) is 8.33. The largest absolute Gasteiger partial charge is 0.393 e. The Balaban J connectivity index is 1.36. The van der Waals surface area contributed by atoms with Gasteiger partial charge in [0.15, 0.2) is 0 Å². The van der Waals surface area contributed by atoms with Crippen LogP contribution in [-0.4, -0.2) is 11.2 Å². The van der Waals surface area contributed by atoms with Crippen LogP contribution in [0, 0.1) is 58.1 Å². The van der Waals surface area contributed by atoms with E-state index in [0.29, 0.717) is 22.7 Å². The molecule has 3 saturated carbocycles. The zero-order valence-corrected chi connectivity index (χ0v) is 19.3. The number of hydrogen-bond acceptors (Lipinski definition) is 1. The van der Waals surface area contributed by atoms with Gasteiger partial charge < -0.3 is 5.11 Å². The molecule has 1 aromatic carbocycles. The van der Waals surface area contributed by atoms with Crippen LogP contribution in [0.5, 0.6) is 0 Å². The van der Waals surface area contributed by atoms with Crippen molar-refractivity contribution in [2.45, 2.75) is 78.2 Å². The molecule has 4 aliphatic rings. The maximum absolute atomic E-state index is 13.2. The van der Waals surface area contributed by atoms with Crippen LogP contribution in [0.4, 0.5) is 4.39 Å². The summed E-state index contributed by atoms with van der Waals surface area (Å²) < 4.78 is 13.2. The molecule has 1 N–H and O–H groups in total. The van der Waals surface area contributed by atoms with Crippen molar-refractivity contribution < 1.29 is 9.50 Å². The molecule has 0 radical (unpaired) electrons. The molecule has 1 nitrogen and oxygen atoms in total. The highest BCUT2D eigenvalue weighted by molar-refractivity contribution is 5.35. The van der Waals surface area contributed by atoms with Gasteiger partial charge in [0, 0.05) is 11.5 Å². The van der Waals surface area contributed by atoms with E-state index in [-0.39, 0.29) is 11.9 Å². The van der Waals surface area contributed by atoms with Gasteiger partial charge in [-0.2, -0.15) is 0 Å². The number of aliphatic hydroxyl groups is 1. The first-order chi connectivity index (χ1) is 14.8. The summed E-state index contributed by atoms with van der Waals surface area (Å²) in [6, 6.07) is 6.57. The van der Waals surface area contributed by atoms with Crippen molar-refractivity contribution in [3.63, 3.8) is 0 Å². The van der Waals surface area contributed by atoms with Crippen LogP contribution in [0.15, 0.2) is 35.9 Å². The summed E-state index contributed by atoms with van der Waals surface area (Å²) in [7, 11) is 0. The summed E-state index contributed by atoms with van der Waals surface area (Å²) >= 11 is 0. The highest BCUT2D eigenvalue weighted by Gasteiger charge is 2.59. The zero-order valence-electron chi connectivity index (χ0n) is 19.3. The minimum Gasteiger partial charge on any atom is -0.393 e. The molecular weight excluding hydrogens is 383 g/mol. The van der Waals surface area contributed by atoms with Crippen molar-refractivity contribution >= 4 is 0 Å². The summed E-state index contributed by atoms with van der Waals surface area (Å²) in [5, 5.41) is 10.2. The van der Waals surface area contributed by atoms with E-state index in [2.05, 4.69) is 38.7 Å². The Morgan fingerprint density at radius 3 is 2.58 bits per heavy atom. The van der Waals surface area contributed by atoms with Crippen LogP contribution in [0.1, 0.15) is 77.7 Å². The second kappa shape index (κ2) is 7.77. The molecule has 1 aromatic rings. The fourth-order valence-corrected chi connectivity index (χ4v) is 8.33. The standard InChI is InChI=1S/C29H37FO/c1-19(4-5-20-6-9-22(30)10-7-20)25-12-13-26-24-11-8-21-18-23(31)14-16-28(21,2)27(24)15-17-29(25,26)3/h6-10,19,23-27,31H,11-18H2,1-3H3. The summed E-state index contributed by atoms with van der Waals surface area (Å²) in [4.78, 5) is 0. The van der Waals surface area contributed by atoms with Crippen LogP contribution in [0.25, 0.3) is 0 Å². The first-order valence-electron chi connectivity index (χ1n) is 12.5. The number of rotatable bonds is 1. The predicted molar refractivity (Wildman–Crippen MR) is 124 cm³/mol. The summed E-state index contributed by atoms with van der Waals surface area (Å²) in [6.45, 7) is 7.38. The molecule has 2 heteroatoms. The molecule has 0 saturated heterocycles. The third kappa shape index (κ3) is 3.48. The molecule has 5 rings (SSSR count). The van der Waals surface area contributed by atoms with Gasteiger partial charge >= 0.3 is 0 Å². The number of halogens is 1. The maximum atomic E-state index is 13.2. The summed E-state index contributed by atoms with van der Waals surface area (Å²) in [5.74, 6) is 10.1. The van der Waals surface area contributed by atoms with Crippen molar-refractivity contribution in [2.75, 3.05) is 0 Å². The Morgan fingerprint density at radius 1 is 1.03 bits per heavy atom. The second-order valence-electron chi connectivity index (χ2n) is 11.4. The molecule has 0 heterocycles. The van der Waals surface area contributed by atoms with E-state index in [4.69, 9.17) is 0 Å². The summed E-state index contributed by atoms with van der Waals surface area (Å²) in [5.41, 5.74) is 3.17. The van der Waals surface area contributed by atoms with E-state index in [1.54, 1.807) is 17.7 Å². The quantitative estimate of drug-likeness (QED) is 0.393. The van der Waals surface area contributed by atoms with Gasteiger partial charge in [0.05, 0.1) is 6.10 Å². The van der Waals surface area contributed by atoms with Crippen molar-refractivity contribution in [3.05, 3.63) is 47.3 Å². The lowest BCUT2D eigenvalue weighted by molar-refractivity contribution is -0.0536. The molecule has 166 valence electrons. The highest BCUT2D eigenvalue weighted by Crippen LogP contribution is 2.67. The normalized spacial score (nSPS) is 42.4. The lowest BCUT2D eigenvalue weighted by Crippen LogP contribution is -2.50. The first-order valence-corrected chi connectivity index (χ1v) is 12.5. The van der Waals surface area contributed by atoms with Gasteiger partial charge in [0.25, 0.3) is 0 Å². The molecule has 4 aliphatic carbocycles. The Kier molecular flexibility index (Phi) is 5.33. The smallest absolute Gasteiger partial charge is 0.123 e. The molecule has 31 heavy (non-hydrogen) atoms. The molecule has 3 fully saturated rings. The van der Waals surface area contributed by atoms with Crippen molar-refractivity contribution in [1.82, 2.24) is 0 Å². The van der Waals surface area contributed by atoms with Gasteiger partial charge in [-0.3, -0.25) is 0 Å². The van der Waals surface area contributed by atoms with Gasteiger partial charge in [0.2, 0.25) is 0 Å². The lowest BCUT2D eigenvalue weighted by Gasteiger charge is -2.58. The van der Waals surface area contributed by atoms with E-state index in [1.165, 1.54) is 44.2 Å². The second-order valence-corrected chi connectivity index (χ2v) is 11.4. The molecule has 0 aliphatic heterocycles. The van der Waals surface area contributed by atoms with Crippen molar-refractivity contribution in [1.29, 1.82) is 0 Å². The predicted octanol–water partition coefficient (Wildman–Crippen LogP) is 6.75. The monoisotopic (exact) mass is 420 g/mol. The number of allylic oxidation sites excluding steroid dienone is 1. The molecule has 8 unspecified atom stereocenters. The van der Waals surface area contributed by atoms with E-state index in [0.717, 1.165) is 42.6 Å². The third-order valence-corrected chi connectivity index (χ3v) is 10.0. The highest BCUT2D eigenvalue weighted by atomic mass is 19.1. The molecule has 8 atom stereocenters. The van der Waals surface area contributed by atoms with E-state index < -0.39 is 0 Å². The van der Waals surface area contributed by atoms with Crippen LogP contribution in [0.3, 0.4) is 0 Å². The number of fused-ring (bicyclic) bond motifs is 5. The van der Waals surface area contributed by atoms with Gasteiger partial charge in [-0.1, -0.05) is 44.3 Å². The Morgan fingerprint density at radius 2 is 1.81 bits per heavy atom. The zero-order chi connectivity index (χ0) is 21.8. The van der Waals surface area contributed by atoms with Gasteiger partial charge in [-0.25, -0.2) is 4.39 Å². The number of benzene rings is 1. The number of hydrogen-bond donors (Lipinski definition) is 1. The topological polar surface area (TPSA) is 20.2 Å². The summed E-state index contributed by atoms with van der Waals surface area (Å²) in [6.07, 6.45) is 11.9. The van der Waals surface area contributed by atoms with Crippen LogP contribution >= 0.6 is 0 Å². The minimum absolute atomic E-state index is 0.124. The van der Waals surface area contributed by atoms with Gasteiger partial charge in [-0.05, 0) is 110 Å². The van der Waals surface area contributed by atoms with Gasteiger partial charge in [-0.15, -0.1) is 0 Å². The average molecular weight is 421 g/mol. The fraction of sp³-hybridized carbons (Fsp3) is 0.655. The van der Waals surface area contributed by atoms with Gasteiger partial charge in [0.1, 0.15) is 5.82 Å². The Labute approximate surface area is 187 Å². The molecule has 0 amide bonds. The lowest BCUT2D eigenvalue weighted by atomic mass is 9.47. The maximum Gasteiger partial charge on any atom is 0.123 e. The average Bonchev–Trinajstić information content (AvgIpc) is 3.11. The van der Waals surface area contributed by atoms with E-state index >= 15 is 0 Å². The molecular formula is C29H37FO. The third-order valence-electron chi connectivity index (χ3n) is 10.0. The minimum atomic E-state index is -0.202. The SMILES string of the molecule is CC(C#Cc1ccc(F)cc1)C1CCC2C3CC=C4CC(O)CCC4(C)C3CCC12C. The number of aliphatic hydroxyl groups excluding tert-OH is 1. The van der Waals surface area contributed by atoms with Crippen molar-refractivity contribution in [3.8, 4) is 11.8 Å².